The number of carbonyl (C=O) groups excluding carboxylic acids is 1. The van der Waals surface area contributed by atoms with Crippen LogP contribution in [0.5, 0.6) is 0 Å². The van der Waals surface area contributed by atoms with Gasteiger partial charge in [0.1, 0.15) is 30.5 Å². The lowest BCUT2D eigenvalue weighted by Crippen LogP contribution is -2.60. The van der Waals surface area contributed by atoms with Gasteiger partial charge in [0, 0.05) is 12.8 Å². The third-order valence-electron chi connectivity index (χ3n) is 4.52. The Morgan fingerprint density at radius 2 is 1.76 bits per heavy atom. The zero-order chi connectivity index (χ0) is 21.8. The summed E-state index contributed by atoms with van der Waals surface area (Å²) in [6.45, 7) is 1.40. The van der Waals surface area contributed by atoms with Crippen LogP contribution in [-0.2, 0) is 19.1 Å². The molecule has 0 radical (unpaired) electrons. The second-order valence-corrected chi connectivity index (χ2v) is 6.87. The molecule has 1 rings (SSSR count). The highest BCUT2D eigenvalue weighted by molar-refractivity contribution is 5.84. The smallest absolute Gasteiger partial charge is 0.303 e. The maximum atomic E-state index is 12.5. The number of ketones is 1. The molecular formula is C20H32O9. The summed E-state index contributed by atoms with van der Waals surface area (Å²) in [4.78, 5) is 23.3. The molecule has 0 amide bonds. The molecule has 1 heterocycles. The third kappa shape index (κ3) is 8.73. The number of rotatable bonds is 13. The minimum atomic E-state index is -1.63. The Balaban J connectivity index is 2.75. The highest BCUT2D eigenvalue weighted by Crippen LogP contribution is 2.24. The number of carboxylic acid groups (broad SMARTS) is 1. The molecule has 1 saturated heterocycles. The largest absolute Gasteiger partial charge is 0.481 e. The summed E-state index contributed by atoms with van der Waals surface area (Å²) in [5.41, 5.74) is 0. The van der Waals surface area contributed by atoms with E-state index in [1.165, 1.54) is 0 Å². The highest BCUT2D eigenvalue weighted by Gasteiger charge is 2.45. The molecule has 0 bridgehead atoms. The lowest BCUT2D eigenvalue weighted by molar-refractivity contribution is -0.308. The zero-order valence-corrected chi connectivity index (χ0v) is 16.6. The van der Waals surface area contributed by atoms with Gasteiger partial charge >= 0.3 is 5.97 Å². The first-order valence-corrected chi connectivity index (χ1v) is 9.82. The van der Waals surface area contributed by atoms with Crippen LogP contribution in [0.15, 0.2) is 24.3 Å². The van der Waals surface area contributed by atoms with Crippen LogP contribution >= 0.6 is 0 Å². The fourth-order valence-electron chi connectivity index (χ4n) is 2.85. The Morgan fingerprint density at radius 3 is 2.38 bits per heavy atom. The molecule has 9 heteroatoms. The molecule has 0 unspecified atom stereocenters. The van der Waals surface area contributed by atoms with E-state index >= 15 is 0 Å². The molecule has 6 atom stereocenters. The third-order valence-corrected chi connectivity index (χ3v) is 4.52. The average molecular weight is 416 g/mol. The van der Waals surface area contributed by atoms with Crippen molar-refractivity contribution in [2.75, 3.05) is 6.61 Å². The summed E-state index contributed by atoms with van der Waals surface area (Å²) < 4.78 is 10.8. The monoisotopic (exact) mass is 416 g/mol. The van der Waals surface area contributed by atoms with Crippen molar-refractivity contribution in [2.45, 2.75) is 82.3 Å². The van der Waals surface area contributed by atoms with Crippen LogP contribution in [0, 0.1) is 0 Å². The van der Waals surface area contributed by atoms with Gasteiger partial charge in [0.05, 0.1) is 6.61 Å². The van der Waals surface area contributed by atoms with Gasteiger partial charge in [-0.15, -0.1) is 0 Å². The van der Waals surface area contributed by atoms with Crippen molar-refractivity contribution in [1.82, 2.24) is 0 Å². The second-order valence-electron chi connectivity index (χ2n) is 6.87. The maximum absolute atomic E-state index is 12.5. The Bertz CT molecular complexity index is 558. The van der Waals surface area contributed by atoms with Crippen molar-refractivity contribution in [3.8, 4) is 0 Å². The van der Waals surface area contributed by atoms with Crippen LogP contribution < -0.4 is 0 Å². The SMILES string of the molecule is CC/C=C\C/C=C\CC(=O)[C@@H](CCCC(=O)O)O[C@@H]1O[C@H](CO)[C@@H](O)[C@H](O)[C@H]1O. The number of allylic oxidation sites excluding steroid dienone is 4. The quantitative estimate of drug-likeness (QED) is 0.267. The number of aliphatic hydroxyl groups is 4. The Labute approximate surface area is 170 Å². The lowest BCUT2D eigenvalue weighted by atomic mass is 9.99. The van der Waals surface area contributed by atoms with Gasteiger partial charge in [0.2, 0.25) is 0 Å². The molecule has 1 aliphatic rings. The number of ether oxygens (including phenoxy) is 2. The van der Waals surface area contributed by atoms with Crippen LogP contribution in [0.4, 0.5) is 0 Å². The summed E-state index contributed by atoms with van der Waals surface area (Å²) >= 11 is 0. The van der Waals surface area contributed by atoms with Crippen LogP contribution in [0.25, 0.3) is 0 Å². The summed E-state index contributed by atoms with van der Waals surface area (Å²) in [6.07, 6.45) is 0.798. The fourth-order valence-corrected chi connectivity index (χ4v) is 2.85. The van der Waals surface area contributed by atoms with Crippen LogP contribution in [0.2, 0.25) is 0 Å². The molecule has 0 saturated carbocycles. The average Bonchev–Trinajstić information content (AvgIpc) is 2.69. The number of aliphatic hydroxyl groups excluding tert-OH is 4. The van der Waals surface area contributed by atoms with E-state index in [0.717, 1.165) is 6.42 Å². The first-order valence-electron chi connectivity index (χ1n) is 9.82. The molecule has 0 spiro atoms. The summed E-state index contributed by atoms with van der Waals surface area (Å²) in [7, 11) is 0. The zero-order valence-electron chi connectivity index (χ0n) is 16.6. The number of carboxylic acids is 1. The minimum Gasteiger partial charge on any atom is -0.481 e. The van der Waals surface area contributed by atoms with E-state index in [-0.39, 0.29) is 31.5 Å². The number of carbonyl (C=O) groups is 2. The standard InChI is InChI=1S/C20H32O9/c1-2-3-4-5-6-7-9-13(22)14(10-8-11-16(23)24)28-20-19(27)18(26)17(25)15(12-21)29-20/h3-4,6-7,14-15,17-21,25-27H,2,5,8-12H2,1H3,(H,23,24)/b4-3-,7-6-/t14-,15-,17-,18+,19-,20-/m1/s1. The predicted octanol–water partition coefficient (Wildman–Crippen LogP) is 0.298. The fraction of sp³-hybridized carbons (Fsp3) is 0.700. The molecule has 166 valence electrons. The molecule has 0 aromatic rings. The van der Waals surface area contributed by atoms with E-state index in [9.17, 15) is 30.0 Å². The van der Waals surface area contributed by atoms with E-state index in [1.54, 1.807) is 6.08 Å². The van der Waals surface area contributed by atoms with Crippen molar-refractivity contribution < 1.29 is 44.6 Å². The first kappa shape index (κ1) is 25.4. The van der Waals surface area contributed by atoms with Gasteiger partial charge in [-0.2, -0.15) is 0 Å². The van der Waals surface area contributed by atoms with E-state index in [0.29, 0.717) is 6.42 Å². The van der Waals surface area contributed by atoms with Crippen molar-refractivity contribution in [3.63, 3.8) is 0 Å². The normalized spacial score (nSPS) is 28.8. The highest BCUT2D eigenvalue weighted by atomic mass is 16.7. The van der Waals surface area contributed by atoms with Gasteiger partial charge in [0.15, 0.2) is 12.1 Å². The molecule has 0 aromatic carbocycles. The van der Waals surface area contributed by atoms with Gasteiger partial charge in [0.25, 0.3) is 0 Å². The Kier molecular flexibility index (Phi) is 11.9. The number of Topliss-reactive ketones (excluding diaryl/α,β-unsaturated/α-hetero) is 1. The molecular weight excluding hydrogens is 384 g/mol. The number of hydrogen-bond donors (Lipinski definition) is 5. The van der Waals surface area contributed by atoms with Crippen LogP contribution in [0.3, 0.4) is 0 Å². The Morgan fingerprint density at radius 1 is 1.07 bits per heavy atom. The predicted molar refractivity (Wildman–Crippen MR) is 103 cm³/mol. The van der Waals surface area contributed by atoms with Gasteiger partial charge in [-0.3, -0.25) is 9.59 Å². The Hall–Kier alpha value is -1.62. The van der Waals surface area contributed by atoms with Gasteiger partial charge in [-0.05, 0) is 25.7 Å². The first-order chi connectivity index (χ1) is 13.8. The van der Waals surface area contributed by atoms with E-state index in [4.69, 9.17) is 14.6 Å². The van der Waals surface area contributed by atoms with Crippen molar-refractivity contribution in [3.05, 3.63) is 24.3 Å². The topological polar surface area (TPSA) is 154 Å². The molecule has 9 nitrogen and oxygen atoms in total. The van der Waals surface area contributed by atoms with Gasteiger partial charge in [-0.1, -0.05) is 31.2 Å². The van der Waals surface area contributed by atoms with E-state index in [2.05, 4.69) is 0 Å². The number of hydrogen-bond acceptors (Lipinski definition) is 8. The summed E-state index contributed by atoms with van der Waals surface area (Å²) in [6, 6.07) is 0. The second kappa shape index (κ2) is 13.6. The van der Waals surface area contributed by atoms with Crippen molar-refractivity contribution in [1.29, 1.82) is 0 Å². The van der Waals surface area contributed by atoms with Crippen molar-refractivity contribution in [2.24, 2.45) is 0 Å². The molecule has 29 heavy (non-hydrogen) atoms. The maximum Gasteiger partial charge on any atom is 0.303 e. The number of aliphatic carboxylic acids is 1. The summed E-state index contributed by atoms with van der Waals surface area (Å²) in [5, 5.41) is 47.8. The van der Waals surface area contributed by atoms with Gasteiger partial charge < -0.3 is 35.0 Å². The van der Waals surface area contributed by atoms with Gasteiger partial charge in [-0.25, -0.2) is 0 Å². The molecule has 1 fully saturated rings. The lowest BCUT2D eigenvalue weighted by Gasteiger charge is -2.40. The van der Waals surface area contributed by atoms with Crippen LogP contribution in [-0.4, -0.2) is 80.7 Å². The molecule has 0 aliphatic carbocycles. The van der Waals surface area contributed by atoms with Crippen molar-refractivity contribution >= 4 is 11.8 Å². The van der Waals surface area contributed by atoms with E-state index in [1.807, 2.05) is 25.2 Å². The molecule has 1 aliphatic heterocycles. The molecule has 0 aromatic heterocycles. The van der Waals surface area contributed by atoms with Crippen LogP contribution in [0.1, 0.15) is 45.4 Å². The summed E-state index contributed by atoms with van der Waals surface area (Å²) in [5.74, 6) is -1.34. The van der Waals surface area contributed by atoms with E-state index < -0.39 is 49.4 Å². The molecule has 5 N–H and O–H groups in total. The minimum absolute atomic E-state index is 0.0507.